The number of amides is 3. The molecule has 0 saturated heterocycles. The molecule has 0 fully saturated rings. The van der Waals surface area contributed by atoms with Gasteiger partial charge >= 0.3 is 6.03 Å². The van der Waals surface area contributed by atoms with Crippen molar-refractivity contribution in [2.75, 3.05) is 24.9 Å². The normalized spacial score (nSPS) is 12.0. The molecule has 0 rings (SSSR count). The number of carbonyl (C=O) groups is 2. The van der Waals surface area contributed by atoms with E-state index >= 15 is 0 Å². The van der Waals surface area contributed by atoms with Crippen LogP contribution >= 0.6 is 23.4 Å². The van der Waals surface area contributed by atoms with E-state index in [-0.39, 0.29) is 11.9 Å². The SMILES string of the molecule is CSCC(C)N(C)C(=O)NC(=O)CCl. The van der Waals surface area contributed by atoms with Crippen molar-refractivity contribution < 1.29 is 9.59 Å². The molecule has 1 unspecified atom stereocenters. The van der Waals surface area contributed by atoms with Gasteiger partial charge in [0.15, 0.2) is 0 Å². The summed E-state index contributed by atoms with van der Waals surface area (Å²) < 4.78 is 0. The van der Waals surface area contributed by atoms with Crippen LogP contribution in [0.15, 0.2) is 0 Å². The van der Waals surface area contributed by atoms with Gasteiger partial charge < -0.3 is 4.90 Å². The second-order valence-electron chi connectivity index (χ2n) is 2.90. The van der Waals surface area contributed by atoms with Crippen LogP contribution in [-0.2, 0) is 4.79 Å². The van der Waals surface area contributed by atoms with Crippen LogP contribution in [0.3, 0.4) is 0 Å². The molecule has 0 heterocycles. The fourth-order valence-electron chi connectivity index (χ4n) is 0.794. The van der Waals surface area contributed by atoms with Crippen molar-refractivity contribution in [1.82, 2.24) is 10.2 Å². The number of urea groups is 1. The molecule has 0 radical (unpaired) electrons. The Bertz CT molecular complexity index is 214. The Hall–Kier alpha value is -0.420. The van der Waals surface area contributed by atoms with E-state index in [4.69, 9.17) is 11.6 Å². The number of halogens is 1. The summed E-state index contributed by atoms with van der Waals surface area (Å²) in [6.07, 6.45) is 1.96. The van der Waals surface area contributed by atoms with Crippen molar-refractivity contribution in [3.05, 3.63) is 0 Å². The van der Waals surface area contributed by atoms with E-state index in [9.17, 15) is 9.59 Å². The molecule has 14 heavy (non-hydrogen) atoms. The minimum absolute atomic E-state index is 0.0909. The van der Waals surface area contributed by atoms with E-state index in [2.05, 4.69) is 5.32 Å². The highest BCUT2D eigenvalue weighted by Gasteiger charge is 2.16. The number of nitrogens with zero attached hydrogens (tertiary/aromatic N) is 1. The zero-order chi connectivity index (χ0) is 11.1. The molecule has 0 aromatic rings. The van der Waals surface area contributed by atoms with Crippen molar-refractivity contribution in [3.8, 4) is 0 Å². The van der Waals surface area contributed by atoms with Gasteiger partial charge in [0, 0.05) is 18.8 Å². The minimum atomic E-state index is -0.472. The van der Waals surface area contributed by atoms with E-state index < -0.39 is 11.9 Å². The third-order valence-corrected chi connectivity index (χ3v) is 2.82. The van der Waals surface area contributed by atoms with Gasteiger partial charge in [0.05, 0.1) is 0 Å². The highest BCUT2D eigenvalue weighted by molar-refractivity contribution is 7.98. The molecular weight excluding hydrogens is 224 g/mol. The Labute approximate surface area is 93.4 Å². The molecule has 0 spiro atoms. The lowest BCUT2D eigenvalue weighted by molar-refractivity contribution is -0.117. The maximum atomic E-state index is 11.4. The highest BCUT2D eigenvalue weighted by atomic mass is 35.5. The van der Waals surface area contributed by atoms with Crippen molar-refractivity contribution in [2.24, 2.45) is 0 Å². The molecule has 0 aliphatic rings. The number of imide groups is 1. The standard InChI is InChI=1S/C8H15ClN2O2S/c1-6(5-14-3)11(2)8(13)10-7(12)4-9/h6H,4-5H2,1-3H3,(H,10,12,13). The lowest BCUT2D eigenvalue weighted by Gasteiger charge is -2.23. The van der Waals surface area contributed by atoms with Crippen LogP contribution < -0.4 is 5.32 Å². The number of thioether (sulfide) groups is 1. The summed E-state index contributed by atoms with van der Waals surface area (Å²) in [5.74, 6) is 0.162. The van der Waals surface area contributed by atoms with Crippen molar-refractivity contribution >= 4 is 35.3 Å². The van der Waals surface area contributed by atoms with Crippen LogP contribution in [0.4, 0.5) is 4.79 Å². The molecule has 0 saturated carbocycles. The lowest BCUT2D eigenvalue weighted by atomic mass is 10.3. The van der Waals surface area contributed by atoms with Crippen LogP contribution in [0.5, 0.6) is 0 Å². The summed E-state index contributed by atoms with van der Waals surface area (Å²) in [5, 5.41) is 2.18. The number of hydrogen-bond acceptors (Lipinski definition) is 3. The Balaban J connectivity index is 4.04. The van der Waals surface area contributed by atoms with E-state index in [1.807, 2.05) is 13.2 Å². The fraction of sp³-hybridized carbons (Fsp3) is 0.750. The van der Waals surface area contributed by atoms with Gasteiger partial charge in [0.25, 0.3) is 0 Å². The number of rotatable bonds is 4. The van der Waals surface area contributed by atoms with Gasteiger partial charge in [0.2, 0.25) is 5.91 Å². The first kappa shape index (κ1) is 13.6. The topological polar surface area (TPSA) is 49.4 Å². The zero-order valence-corrected chi connectivity index (χ0v) is 10.1. The first-order valence-electron chi connectivity index (χ1n) is 4.14. The Kier molecular flexibility index (Phi) is 6.74. The average Bonchev–Trinajstić information content (AvgIpc) is 2.16. The summed E-state index contributed by atoms with van der Waals surface area (Å²) in [5.41, 5.74) is 0. The molecule has 1 N–H and O–H groups in total. The van der Waals surface area contributed by atoms with E-state index in [1.54, 1.807) is 18.8 Å². The Morgan fingerprint density at radius 3 is 2.57 bits per heavy atom. The lowest BCUT2D eigenvalue weighted by Crippen LogP contribution is -2.46. The zero-order valence-electron chi connectivity index (χ0n) is 8.54. The molecule has 6 heteroatoms. The summed E-state index contributed by atoms with van der Waals surface area (Å²) in [6.45, 7) is 1.92. The molecule has 0 aromatic heterocycles. The summed E-state index contributed by atoms with van der Waals surface area (Å²) in [7, 11) is 1.65. The van der Waals surface area contributed by atoms with Gasteiger partial charge in [-0.3, -0.25) is 10.1 Å². The average molecular weight is 239 g/mol. The van der Waals surface area contributed by atoms with Crippen molar-refractivity contribution in [3.63, 3.8) is 0 Å². The predicted molar refractivity (Wildman–Crippen MR) is 59.9 cm³/mol. The number of nitrogens with one attached hydrogen (secondary N) is 1. The van der Waals surface area contributed by atoms with Crippen LogP contribution in [0.25, 0.3) is 0 Å². The number of alkyl halides is 1. The van der Waals surface area contributed by atoms with Crippen LogP contribution in [0.2, 0.25) is 0 Å². The summed E-state index contributed by atoms with van der Waals surface area (Å²) in [6, 6.07) is -0.315. The van der Waals surface area contributed by atoms with E-state index in [0.717, 1.165) is 5.75 Å². The van der Waals surface area contributed by atoms with Crippen LogP contribution in [0.1, 0.15) is 6.92 Å². The first-order chi connectivity index (χ1) is 6.52. The Morgan fingerprint density at radius 1 is 1.57 bits per heavy atom. The summed E-state index contributed by atoms with van der Waals surface area (Å²) >= 11 is 6.90. The summed E-state index contributed by atoms with van der Waals surface area (Å²) in [4.78, 5) is 23.7. The van der Waals surface area contributed by atoms with Crippen molar-refractivity contribution in [1.29, 1.82) is 0 Å². The predicted octanol–water partition coefficient (Wildman–Crippen LogP) is 1.14. The van der Waals surface area contributed by atoms with E-state index in [0.29, 0.717) is 0 Å². The number of hydrogen-bond donors (Lipinski definition) is 1. The molecular formula is C8H15ClN2O2S. The largest absolute Gasteiger partial charge is 0.324 e. The molecule has 0 aliphatic carbocycles. The van der Waals surface area contributed by atoms with Gasteiger partial charge in [-0.2, -0.15) is 11.8 Å². The molecule has 0 aliphatic heterocycles. The quantitative estimate of drug-likeness (QED) is 0.748. The smallest absolute Gasteiger partial charge is 0.324 e. The van der Waals surface area contributed by atoms with Crippen LogP contribution in [0, 0.1) is 0 Å². The van der Waals surface area contributed by atoms with Crippen molar-refractivity contribution in [2.45, 2.75) is 13.0 Å². The molecule has 0 bridgehead atoms. The molecule has 1 atom stereocenters. The second kappa shape index (κ2) is 6.95. The maximum Gasteiger partial charge on any atom is 0.324 e. The highest BCUT2D eigenvalue weighted by Crippen LogP contribution is 2.03. The van der Waals surface area contributed by atoms with Gasteiger partial charge in [-0.25, -0.2) is 4.79 Å². The number of carbonyl (C=O) groups excluding carboxylic acids is 2. The maximum absolute atomic E-state index is 11.4. The Morgan fingerprint density at radius 2 is 2.14 bits per heavy atom. The van der Waals surface area contributed by atoms with Gasteiger partial charge in [-0.1, -0.05) is 0 Å². The molecule has 0 aromatic carbocycles. The fourth-order valence-corrected chi connectivity index (χ4v) is 1.57. The monoisotopic (exact) mass is 238 g/mol. The van der Waals surface area contributed by atoms with Crippen LogP contribution in [-0.4, -0.2) is 47.8 Å². The van der Waals surface area contributed by atoms with Gasteiger partial charge in [-0.15, -0.1) is 11.6 Å². The molecule has 4 nitrogen and oxygen atoms in total. The second-order valence-corrected chi connectivity index (χ2v) is 4.08. The molecule has 82 valence electrons. The third-order valence-electron chi connectivity index (χ3n) is 1.76. The van der Waals surface area contributed by atoms with Gasteiger partial charge in [-0.05, 0) is 13.2 Å². The minimum Gasteiger partial charge on any atom is -0.324 e. The third kappa shape index (κ3) is 4.72. The molecule has 3 amide bonds. The first-order valence-corrected chi connectivity index (χ1v) is 6.07. The van der Waals surface area contributed by atoms with Gasteiger partial charge in [0.1, 0.15) is 5.88 Å². The van der Waals surface area contributed by atoms with E-state index in [1.165, 1.54) is 4.90 Å².